The first-order chi connectivity index (χ1) is 14.5. The van der Waals surface area contributed by atoms with Gasteiger partial charge in [-0.3, -0.25) is 14.9 Å². The summed E-state index contributed by atoms with van der Waals surface area (Å²) in [6.45, 7) is 4.14. The summed E-state index contributed by atoms with van der Waals surface area (Å²) in [4.78, 5) is 35.2. The summed E-state index contributed by atoms with van der Waals surface area (Å²) in [7, 11) is 1.47. The Labute approximate surface area is 174 Å². The molecule has 2 N–H and O–H groups in total. The van der Waals surface area contributed by atoms with Crippen LogP contribution in [0.25, 0.3) is 0 Å². The normalized spacial score (nSPS) is 9.97. The molecule has 2 aromatic rings. The van der Waals surface area contributed by atoms with E-state index < -0.39 is 18.5 Å². The van der Waals surface area contributed by atoms with E-state index in [1.54, 1.807) is 24.3 Å². The lowest BCUT2D eigenvalue weighted by molar-refractivity contribution is -0.121. The third kappa shape index (κ3) is 6.40. The summed E-state index contributed by atoms with van der Waals surface area (Å²) in [5.74, 6) is 1.04. The van der Waals surface area contributed by atoms with E-state index in [0.717, 1.165) is 0 Å². The lowest BCUT2D eigenvalue weighted by Crippen LogP contribution is -2.37. The number of hydrogen-bond acceptors (Lipinski definition) is 7. The van der Waals surface area contributed by atoms with Crippen LogP contribution in [-0.2, 0) is 4.79 Å². The number of ether oxygens (including phenoxy) is 4. The Hall–Kier alpha value is -3.75. The number of aldehydes is 1. The number of anilines is 1. The monoisotopic (exact) mass is 416 g/mol. The van der Waals surface area contributed by atoms with Gasteiger partial charge in [-0.25, -0.2) is 4.79 Å². The number of rotatable bonds is 10. The van der Waals surface area contributed by atoms with Crippen molar-refractivity contribution in [3.63, 3.8) is 0 Å². The van der Waals surface area contributed by atoms with Gasteiger partial charge in [-0.15, -0.1) is 0 Å². The van der Waals surface area contributed by atoms with Crippen molar-refractivity contribution in [2.24, 2.45) is 0 Å². The third-order valence-electron chi connectivity index (χ3n) is 3.76. The molecule has 2 aromatic carbocycles. The highest BCUT2D eigenvalue weighted by Gasteiger charge is 2.13. The smallest absolute Gasteiger partial charge is 0.325 e. The fraction of sp³-hybridized carbons (Fsp3) is 0.286. The van der Waals surface area contributed by atoms with Crippen molar-refractivity contribution in [1.82, 2.24) is 5.32 Å². The van der Waals surface area contributed by atoms with Crippen LogP contribution in [0.15, 0.2) is 36.4 Å². The number of benzene rings is 2. The van der Waals surface area contributed by atoms with E-state index >= 15 is 0 Å². The van der Waals surface area contributed by atoms with Gasteiger partial charge in [0, 0.05) is 11.8 Å². The Bertz CT molecular complexity index is 899. The van der Waals surface area contributed by atoms with Gasteiger partial charge in [-0.1, -0.05) is 0 Å². The van der Waals surface area contributed by atoms with Gasteiger partial charge < -0.3 is 24.3 Å². The average molecular weight is 416 g/mol. The number of carbonyl (C=O) groups excluding carboxylic acids is 3. The number of nitrogens with one attached hydrogen (secondary N) is 2. The minimum Gasteiger partial charge on any atom is -0.497 e. The van der Waals surface area contributed by atoms with Crippen LogP contribution in [0.1, 0.15) is 24.2 Å². The Kier molecular flexibility index (Phi) is 8.49. The van der Waals surface area contributed by atoms with Gasteiger partial charge in [-0.2, -0.15) is 0 Å². The highest BCUT2D eigenvalue weighted by Crippen LogP contribution is 2.30. The molecule has 0 atom stereocenters. The van der Waals surface area contributed by atoms with E-state index in [2.05, 4.69) is 10.6 Å². The number of hydrogen-bond donors (Lipinski definition) is 2. The zero-order chi connectivity index (χ0) is 21.9. The molecule has 0 bridgehead atoms. The van der Waals surface area contributed by atoms with Crippen LogP contribution in [0.2, 0.25) is 0 Å². The minimum absolute atomic E-state index is 0.203. The molecular formula is C21H24N2O7. The van der Waals surface area contributed by atoms with E-state index in [4.69, 9.17) is 18.9 Å². The van der Waals surface area contributed by atoms with Crippen LogP contribution in [-0.4, -0.2) is 45.2 Å². The van der Waals surface area contributed by atoms with Gasteiger partial charge in [0.05, 0.1) is 25.9 Å². The van der Waals surface area contributed by atoms with Crippen molar-refractivity contribution in [2.45, 2.75) is 13.8 Å². The molecule has 0 saturated carbocycles. The molecular weight excluding hydrogens is 392 g/mol. The van der Waals surface area contributed by atoms with Crippen molar-refractivity contribution < 1.29 is 33.3 Å². The molecule has 30 heavy (non-hydrogen) atoms. The first kappa shape index (κ1) is 22.5. The fourth-order valence-electron chi connectivity index (χ4n) is 2.47. The number of urea groups is 1. The predicted molar refractivity (Wildman–Crippen MR) is 110 cm³/mol. The molecule has 0 aliphatic rings. The van der Waals surface area contributed by atoms with Crippen LogP contribution in [0.5, 0.6) is 23.0 Å². The molecule has 0 fully saturated rings. The molecule has 0 saturated heterocycles. The van der Waals surface area contributed by atoms with E-state index in [9.17, 15) is 14.4 Å². The molecule has 0 aliphatic heterocycles. The Morgan fingerprint density at radius 3 is 2.30 bits per heavy atom. The maximum absolute atomic E-state index is 12.1. The van der Waals surface area contributed by atoms with E-state index in [0.29, 0.717) is 42.4 Å². The summed E-state index contributed by atoms with van der Waals surface area (Å²) in [6.07, 6.45) is 0.588. The largest absolute Gasteiger partial charge is 0.497 e. The Morgan fingerprint density at radius 1 is 0.933 bits per heavy atom. The van der Waals surface area contributed by atoms with Crippen LogP contribution >= 0.6 is 0 Å². The van der Waals surface area contributed by atoms with Gasteiger partial charge in [0.1, 0.15) is 11.5 Å². The van der Waals surface area contributed by atoms with Crippen LogP contribution in [0.3, 0.4) is 0 Å². The van der Waals surface area contributed by atoms with Gasteiger partial charge >= 0.3 is 6.03 Å². The molecule has 160 valence electrons. The molecule has 0 radical (unpaired) electrons. The predicted octanol–water partition coefficient (Wildman–Crippen LogP) is 3.03. The van der Waals surface area contributed by atoms with Crippen molar-refractivity contribution in [3.05, 3.63) is 42.0 Å². The summed E-state index contributed by atoms with van der Waals surface area (Å²) in [5, 5.41) is 4.69. The molecule has 0 unspecified atom stereocenters. The van der Waals surface area contributed by atoms with Gasteiger partial charge in [0.15, 0.2) is 24.4 Å². The maximum Gasteiger partial charge on any atom is 0.325 e. The lowest BCUT2D eigenvalue weighted by atomic mass is 10.2. The van der Waals surface area contributed by atoms with Crippen molar-refractivity contribution >= 4 is 23.9 Å². The quantitative estimate of drug-likeness (QED) is 0.573. The summed E-state index contributed by atoms with van der Waals surface area (Å²) in [5.41, 5.74) is 0.649. The van der Waals surface area contributed by atoms with Crippen molar-refractivity contribution in [2.75, 3.05) is 32.2 Å². The molecule has 0 aliphatic carbocycles. The molecule has 0 spiro atoms. The molecule has 3 amide bonds. The average Bonchev–Trinajstić information content (AvgIpc) is 2.74. The number of carbonyl (C=O) groups is 3. The molecule has 0 heterocycles. The Balaban J connectivity index is 1.92. The molecule has 9 nitrogen and oxygen atoms in total. The lowest BCUT2D eigenvalue weighted by Gasteiger charge is -2.13. The number of imide groups is 1. The summed E-state index contributed by atoms with van der Waals surface area (Å²) >= 11 is 0. The van der Waals surface area contributed by atoms with E-state index in [-0.39, 0.29) is 11.3 Å². The maximum atomic E-state index is 12.1. The molecule has 9 heteroatoms. The first-order valence-corrected chi connectivity index (χ1v) is 9.27. The second kappa shape index (κ2) is 11.3. The van der Waals surface area contributed by atoms with Crippen LogP contribution in [0, 0.1) is 0 Å². The molecule has 0 aromatic heterocycles. The zero-order valence-electron chi connectivity index (χ0n) is 17.0. The topological polar surface area (TPSA) is 112 Å². The standard InChI is InChI=1S/C21H24N2O7/c1-4-28-18-8-6-15(11-19(18)29-5-2)22-21(26)23-20(25)13-30-17-9-7-16(27-3)10-14(17)12-24/h6-12H,4-5,13H2,1-3H3,(H2,22,23,25,26). The summed E-state index contributed by atoms with van der Waals surface area (Å²) < 4.78 is 21.3. The second-order valence-corrected chi connectivity index (χ2v) is 5.84. The van der Waals surface area contributed by atoms with Crippen molar-refractivity contribution in [3.8, 4) is 23.0 Å². The van der Waals surface area contributed by atoms with E-state index in [1.165, 1.54) is 19.2 Å². The SMILES string of the molecule is CCOc1ccc(NC(=O)NC(=O)COc2ccc(OC)cc2C=O)cc1OCC. The minimum atomic E-state index is -0.736. The summed E-state index contributed by atoms with van der Waals surface area (Å²) in [6, 6.07) is 8.74. The number of methoxy groups -OCH3 is 1. The zero-order valence-corrected chi connectivity index (χ0v) is 17.0. The molecule has 2 rings (SSSR count). The van der Waals surface area contributed by atoms with Crippen molar-refractivity contribution in [1.29, 1.82) is 0 Å². The highest BCUT2D eigenvalue weighted by molar-refractivity contribution is 6.01. The van der Waals surface area contributed by atoms with Gasteiger partial charge in [-0.05, 0) is 44.2 Å². The van der Waals surface area contributed by atoms with Gasteiger partial charge in [0.2, 0.25) is 0 Å². The first-order valence-electron chi connectivity index (χ1n) is 9.27. The Morgan fingerprint density at radius 2 is 1.63 bits per heavy atom. The highest BCUT2D eigenvalue weighted by atomic mass is 16.5. The third-order valence-corrected chi connectivity index (χ3v) is 3.76. The number of amides is 3. The second-order valence-electron chi connectivity index (χ2n) is 5.84. The van der Waals surface area contributed by atoms with E-state index in [1.807, 2.05) is 13.8 Å². The van der Waals surface area contributed by atoms with Crippen LogP contribution in [0.4, 0.5) is 10.5 Å². The van der Waals surface area contributed by atoms with Crippen LogP contribution < -0.4 is 29.6 Å². The van der Waals surface area contributed by atoms with Gasteiger partial charge in [0.25, 0.3) is 5.91 Å². The fourth-order valence-corrected chi connectivity index (χ4v) is 2.47.